The summed E-state index contributed by atoms with van der Waals surface area (Å²) in [4.78, 5) is 12.3. The fourth-order valence-corrected chi connectivity index (χ4v) is 3.54. The normalized spacial score (nSPS) is 10.4. The molecule has 0 radical (unpaired) electrons. The number of nitrogens with zero attached hydrogens (tertiary/aromatic N) is 3. The van der Waals surface area contributed by atoms with E-state index in [4.69, 9.17) is 5.26 Å². The van der Waals surface area contributed by atoms with Gasteiger partial charge in [0.15, 0.2) is 5.69 Å². The standard InChI is InChI=1S/C21H20N4OS/c1-16-13-20(24-25(16)19-9-3-2-4-10-19)21(26)23-11-12-27-15-18-8-6-5-7-17(18)14-22/h2-10,13H,11-12,15H2,1H3,(H,23,26). The van der Waals surface area contributed by atoms with Gasteiger partial charge in [0.05, 0.1) is 17.3 Å². The Hall–Kier alpha value is -3.04. The summed E-state index contributed by atoms with van der Waals surface area (Å²) in [6.07, 6.45) is 0. The number of nitriles is 1. The highest BCUT2D eigenvalue weighted by Gasteiger charge is 2.12. The van der Waals surface area contributed by atoms with Crippen LogP contribution in [0, 0.1) is 18.3 Å². The van der Waals surface area contributed by atoms with Gasteiger partial charge >= 0.3 is 0 Å². The lowest BCUT2D eigenvalue weighted by Crippen LogP contribution is -2.26. The van der Waals surface area contributed by atoms with Crippen molar-refractivity contribution in [3.63, 3.8) is 0 Å². The lowest BCUT2D eigenvalue weighted by Gasteiger charge is -2.05. The molecule has 0 bridgehead atoms. The summed E-state index contributed by atoms with van der Waals surface area (Å²) >= 11 is 1.69. The van der Waals surface area contributed by atoms with E-state index in [1.807, 2.05) is 61.5 Å². The number of para-hydroxylation sites is 1. The first kappa shape index (κ1) is 18.7. The van der Waals surface area contributed by atoms with E-state index in [0.717, 1.165) is 28.5 Å². The van der Waals surface area contributed by atoms with Gasteiger partial charge in [-0.2, -0.15) is 22.1 Å². The van der Waals surface area contributed by atoms with Crippen LogP contribution in [0.25, 0.3) is 5.69 Å². The van der Waals surface area contributed by atoms with Crippen LogP contribution in [0.1, 0.15) is 27.3 Å². The number of aromatic nitrogens is 2. The number of aryl methyl sites for hydroxylation is 1. The minimum atomic E-state index is -0.175. The maximum absolute atomic E-state index is 12.3. The molecule has 3 aromatic rings. The molecule has 0 aliphatic carbocycles. The van der Waals surface area contributed by atoms with Gasteiger partial charge in [-0.15, -0.1) is 0 Å². The quantitative estimate of drug-likeness (QED) is 0.638. The number of rotatable bonds is 7. The molecule has 2 aromatic carbocycles. The Morgan fingerprint density at radius 1 is 1.19 bits per heavy atom. The van der Waals surface area contributed by atoms with Crippen LogP contribution < -0.4 is 5.32 Å². The molecule has 6 heteroatoms. The van der Waals surface area contributed by atoms with Crippen LogP contribution in [0.15, 0.2) is 60.7 Å². The van der Waals surface area contributed by atoms with Crippen molar-refractivity contribution in [2.45, 2.75) is 12.7 Å². The first-order valence-corrected chi connectivity index (χ1v) is 9.80. The van der Waals surface area contributed by atoms with Crippen molar-refractivity contribution in [2.75, 3.05) is 12.3 Å². The van der Waals surface area contributed by atoms with Crippen LogP contribution in [-0.2, 0) is 5.75 Å². The van der Waals surface area contributed by atoms with E-state index in [9.17, 15) is 4.79 Å². The number of nitrogens with one attached hydrogen (secondary N) is 1. The molecule has 27 heavy (non-hydrogen) atoms. The molecule has 0 saturated carbocycles. The third kappa shape index (κ3) is 4.78. The van der Waals surface area contributed by atoms with E-state index < -0.39 is 0 Å². The molecule has 136 valence electrons. The minimum absolute atomic E-state index is 0.175. The molecule has 1 heterocycles. The van der Waals surface area contributed by atoms with Crippen LogP contribution in [0.4, 0.5) is 0 Å². The van der Waals surface area contributed by atoms with Crippen molar-refractivity contribution in [1.82, 2.24) is 15.1 Å². The zero-order valence-electron chi connectivity index (χ0n) is 15.1. The van der Waals surface area contributed by atoms with E-state index >= 15 is 0 Å². The molecule has 3 rings (SSSR count). The van der Waals surface area contributed by atoms with Gasteiger partial charge in [-0.25, -0.2) is 4.68 Å². The summed E-state index contributed by atoms with van der Waals surface area (Å²) in [5.74, 6) is 1.34. The molecule has 0 aliphatic rings. The number of carbonyl (C=O) groups is 1. The molecule has 0 spiro atoms. The number of hydrogen-bond donors (Lipinski definition) is 1. The lowest BCUT2D eigenvalue weighted by molar-refractivity contribution is 0.0951. The highest BCUT2D eigenvalue weighted by Crippen LogP contribution is 2.16. The summed E-state index contributed by atoms with van der Waals surface area (Å²) in [5, 5.41) is 16.4. The van der Waals surface area contributed by atoms with Crippen LogP contribution in [0.3, 0.4) is 0 Å². The molecule has 0 atom stereocenters. The third-order valence-corrected chi connectivity index (χ3v) is 5.06. The monoisotopic (exact) mass is 376 g/mol. The first-order chi connectivity index (χ1) is 13.2. The average molecular weight is 376 g/mol. The molecule has 1 N–H and O–H groups in total. The molecule has 0 aliphatic heterocycles. The van der Waals surface area contributed by atoms with Crippen molar-refractivity contribution in [3.8, 4) is 11.8 Å². The Balaban J connectivity index is 1.50. The van der Waals surface area contributed by atoms with Gasteiger partial charge < -0.3 is 5.32 Å². The van der Waals surface area contributed by atoms with E-state index in [2.05, 4.69) is 16.5 Å². The van der Waals surface area contributed by atoms with E-state index in [1.54, 1.807) is 22.5 Å². The average Bonchev–Trinajstić information content (AvgIpc) is 3.10. The number of benzene rings is 2. The maximum Gasteiger partial charge on any atom is 0.271 e. The molecular formula is C21H20N4OS. The van der Waals surface area contributed by atoms with Crippen LogP contribution in [0.5, 0.6) is 0 Å². The number of amides is 1. The smallest absolute Gasteiger partial charge is 0.271 e. The van der Waals surface area contributed by atoms with E-state index in [-0.39, 0.29) is 5.91 Å². The number of hydrogen-bond acceptors (Lipinski definition) is 4. The largest absolute Gasteiger partial charge is 0.350 e. The van der Waals surface area contributed by atoms with Gasteiger partial charge in [-0.1, -0.05) is 36.4 Å². The molecule has 0 saturated heterocycles. The Kier molecular flexibility index (Phi) is 6.29. The highest BCUT2D eigenvalue weighted by atomic mass is 32.2. The second-order valence-corrected chi connectivity index (χ2v) is 7.10. The van der Waals surface area contributed by atoms with Gasteiger partial charge in [-0.05, 0) is 36.8 Å². The van der Waals surface area contributed by atoms with Crippen LogP contribution in [0.2, 0.25) is 0 Å². The Morgan fingerprint density at radius 3 is 2.70 bits per heavy atom. The van der Waals surface area contributed by atoms with Gasteiger partial charge in [0.2, 0.25) is 0 Å². The zero-order chi connectivity index (χ0) is 19.1. The summed E-state index contributed by atoms with van der Waals surface area (Å²) in [7, 11) is 0. The molecule has 0 fully saturated rings. The van der Waals surface area contributed by atoms with Crippen molar-refractivity contribution in [1.29, 1.82) is 5.26 Å². The molecule has 1 amide bonds. The second-order valence-electron chi connectivity index (χ2n) is 6.00. The van der Waals surface area contributed by atoms with Gasteiger partial charge in [0.1, 0.15) is 0 Å². The summed E-state index contributed by atoms with van der Waals surface area (Å²) in [6.45, 7) is 2.48. The predicted octanol–water partition coefficient (Wildman–Crippen LogP) is 3.72. The van der Waals surface area contributed by atoms with Crippen molar-refractivity contribution < 1.29 is 4.79 Å². The topological polar surface area (TPSA) is 70.7 Å². The fourth-order valence-electron chi connectivity index (χ4n) is 2.68. The van der Waals surface area contributed by atoms with Crippen molar-refractivity contribution >= 4 is 17.7 Å². The van der Waals surface area contributed by atoms with Crippen LogP contribution >= 0.6 is 11.8 Å². The molecule has 1 aromatic heterocycles. The predicted molar refractivity (Wildman–Crippen MR) is 108 cm³/mol. The summed E-state index contributed by atoms with van der Waals surface area (Å²) in [5.41, 5.74) is 3.98. The second kappa shape index (κ2) is 9.06. The first-order valence-electron chi connectivity index (χ1n) is 8.65. The minimum Gasteiger partial charge on any atom is -0.350 e. The molecular weight excluding hydrogens is 356 g/mol. The number of carbonyl (C=O) groups excluding carboxylic acids is 1. The maximum atomic E-state index is 12.3. The van der Waals surface area contributed by atoms with E-state index in [1.165, 1.54) is 0 Å². The molecule has 5 nitrogen and oxygen atoms in total. The highest BCUT2D eigenvalue weighted by molar-refractivity contribution is 7.98. The van der Waals surface area contributed by atoms with Gasteiger partial charge in [0, 0.05) is 23.7 Å². The van der Waals surface area contributed by atoms with Crippen molar-refractivity contribution in [2.24, 2.45) is 0 Å². The lowest BCUT2D eigenvalue weighted by atomic mass is 10.1. The Bertz CT molecular complexity index is 960. The summed E-state index contributed by atoms with van der Waals surface area (Å²) in [6, 6.07) is 21.3. The Labute approximate surface area is 163 Å². The zero-order valence-corrected chi connectivity index (χ0v) is 15.9. The van der Waals surface area contributed by atoms with Crippen LogP contribution in [-0.4, -0.2) is 28.0 Å². The summed E-state index contributed by atoms with van der Waals surface area (Å²) < 4.78 is 1.77. The fraction of sp³-hybridized carbons (Fsp3) is 0.190. The SMILES string of the molecule is Cc1cc(C(=O)NCCSCc2ccccc2C#N)nn1-c1ccccc1. The van der Waals surface area contributed by atoms with Crippen molar-refractivity contribution in [3.05, 3.63) is 83.2 Å². The number of thioether (sulfide) groups is 1. The van der Waals surface area contributed by atoms with Gasteiger partial charge in [0.25, 0.3) is 5.91 Å². The van der Waals surface area contributed by atoms with Gasteiger partial charge in [-0.3, -0.25) is 4.79 Å². The van der Waals surface area contributed by atoms with E-state index in [0.29, 0.717) is 17.8 Å². The molecule has 0 unspecified atom stereocenters. The Morgan fingerprint density at radius 2 is 1.93 bits per heavy atom. The third-order valence-electron chi connectivity index (χ3n) is 4.05.